The van der Waals surface area contributed by atoms with Gasteiger partial charge < -0.3 is 10.2 Å². The Morgan fingerprint density at radius 3 is 2.72 bits per heavy atom. The second-order valence-electron chi connectivity index (χ2n) is 6.05. The Hall–Kier alpha value is -3.06. The molecule has 0 atom stereocenters. The lowest BCUT2D eigenvalue weighted by atomic mass is 10.0. The summed E-state index contributed by atoms with van der Waals surface area (Å²) >= 11 is 0. The highest BCUT2D eigenvalue weighted by atomic mass is 16.2. The first kappa shape index (κ1) is 16.8. The molecule has 1 N–H and O–H groups in total. The number of aryl methyl sites for hydroxylation is 2. The summed E-state index contributed by atoms with van der Waals surface area (Å²) in [5.74, 6) is -0.257. The lowest BCUT2D eigenvalue weighted by Gasteiger charge is -2.29. The molecule has 1 aliphatic heterocycles. The van der Waals surface area contributed by atoms with Gasteiger partial charge in [-0.25, -0.2) is 0 Å². The third-order valence-corrected chi connectivity index (χ3v) is 4.45. The van der Waals surface area contributed by atoms with E-state index < -0.39 is 0 Å². The predicted molar refractivity (Wildman–Crippen MR) is 100 cm³/mol. The number of carbonyl (C=O) groups excluding carboxylic acids is 1. The van der Waals surface area contributed by atoms with E-state index in [0.717, 1.165) is 36.2 Å². The third kappa shape index (κ3) is 3.72. The quantitative estimate of drug-likeness (QED) is 0.679. The zero-order valence-electron chi connectivity index (χ0n) is 14.3. The van der Waals surface area contributed by atoms with Crippen molar-refractivity contribution in [2.24, 2.45) is 0 Å². The molecule has 4 heteroatoms. The highest BCUT2D eigenvalue weighted by Gasteiger charge is 2.24. The van der Waals surface area contributed by atoms with Crippen molar-refractivity contribution in [1.82, 2.24) is 0 Å². The van der Waals surface area contributed by atoms with Crippen molar-refractivity contribution in [3.05, 3.63) is 71.4 Å². The van der Waals surface area contributed by atoms with Crippen LogP contribution in [0.3, 0.4) is 0 Å². The van der Waals surface area contributed by atoms with Gasteiger partial charge in [0.1, 0.15) is 11.6 Å². The first-order valence-electron chi connectivity index (χ1n) is 8.58. The molecule has 0 aliphatic carbocycles. The van der Waals surface area contributed by atoms with Gasteiger partial charge >= 0.3 is 0 Å². The number of rotatable bonds is 4. The van der Waals surface area contributed by atoms with Gasteiger partial charge in [-0.1, -0.05) is 37.3 Å². The van der Waals surface area contributed by atoms with Crippen LogP contribution in [-0.2, 0) is 17.6 Å². The lowest BCUT2D eigenvalue weighted by Crippen LogP contribution is -2.36. The van der Waals surface area contributed by atoms with E-state index in [2.05, 4.69) is 12.2 Å². The Morgan fingerprint density at radius 1 is 1.24 bits per heavy atom. The first-order chi connectivity index (χ1) is 12.2. The molecular weight excluding hydrogens is 310 g/mol. The Morgan fingerprint density at radius 2 is 2.00 bits per heavy atom. The standard InChI is InChI=1S/C21H21N3O/c1-2-16-9-11-19(12-10-16)23-15-18(14-22)21(25)24-13-5-7-17-6-3-4-8-20(17)24/h3-4,6,8-12,15,23H,2,5,7,13H2,1H3/b18-15-. The Labute approximate surface area is 148 Å². The monoisotopic (exact) mass is 331 g/mol. The molecule has 0 aromatic heterocycles. The van der Waals surface area contributed by atoms with Gasteiger partial charge in [0.2, 0.25) is 0 Å². The number of amides is 1. The van der Waals surface area contributed by atoms with Crippen molar-refractivity contribution in [3.8, 4) is 6.07 Å². The summed E-state index contributed by atoms with van der Waals surface area (Å²) in [5, 5.41) is 12.5. The van der Waals surface area contributed by atoms with E-state index in [-0.39, 0.29) is 11.5 Å². The van der Waals surface area contributed by atoms with Gasteiger partial charge in [0.15, 0.2) is 0 Å². The van der Waals surface area contributed by atoms with Crippen molar-refractivity contribution in [3.63, 3.8) is 0 Å². The van der Waals surface area contributed by atoms with E-state index >= 15 is 0 Å². The number of carbonyl (C=O) groups is 1. The summed E-state index contributed by atoms with van der Waals surface area (Å²) < 4.78 is 0. The van der Waals surface area contributed by atoms with Crippen molar-refractivity contribution < 1.29 is 4.79 Å². The van der Waals surface area contributed by atoms with Gasteiger partial charge in [0.05, 0.1) is 0 Å². The first-order valence-corrected chi connectivity index (χ1v) is 8.58. The van der Waals surface area contributed by atoms with Gasteiger partial charge in [0.25, 0.3) is 5.91 Å². The molecule has 0 fully saturated rings. The summed E-state index contributed by atoms with van der Waals surface area (Å²) in [5.41, 5.74) is 4.28. The fourth-order valence-corrected chi connectivity index (χ4v) is 3.02. The number of benzene rings is 2. The zero-order valence-corrected chi connectivity index (χ0v) is 14.3. The molecule has 1 aliphatic rings. The summed E-state index contributed by atoms with van der Waals surface area (Å²) in [7, 11) is 0. The molecular formula is C21H21N3O. The number of nitriles is 1. The molecule has 4 nitrogen and oxygen atoms in total. The second-order valence-corrected chi connectivity index (χ2v) is 6.05. The third-order valence-electron chi connectivity index (χ3n) is 4.45. The molecule has 25 heavy (non-hydrogen) atoms. The molecule has 3 rings (SSSR count). The Balaban J connectivity index is 1.78. The Kier molecular flexibility index (Phi) is 5.15. The van der Waals surface area contributed by atoms with Crippen LogP contribution in [0.2, 0.25) is 0 Å². The van der Waals surface area contributed by atoms with Gasteiger partial charge in [-0.15, -0.1) is 0 Å². The van der Waals surface area contributed by atoms with Crippen LogP contribution >= 0.6 is 0 Å². The number of hydrogen-bond acceptors (Lipinski definition) is 3. The molecule has 0 radical (unpaired) electrons. The number of para-hydroxylation sites is 1. The van der Waals surface area contributed by atoms with Gasteiger partial charge in [-0.3, -0.25) is 4.79 Å². The molecule has 0 bridgehead atoms. The maximum atomic E-state index is 12.8. The zero-order chi connectivity index (χ0) is 17.6. The van der Waals surface area contributed by atoms with Gasteiger partial charge in [-0.2, -0.15) is 5.26 Å². The highest BCUT2D eigenvalue weighted by Crippen LogP contribution is 2.27. The molecule has 1 heterocycles. The summed E-state index contributed by atoms with van der Waals surface area (Å²) in [4.78, 5) is 14.5. The number of hydrogen-bond donors (Lipinski definition) is 1. The number of fused-ring (bicyclic) bond motifs is 1. The van der Waals surface area contributed by atoms with E-state index in [4.69, 9.17) is 0 Å². The molecule has 0 saturated heterocycles. The normalized spacial score (nSPS) is 13.8. The summed E-state index contributed by atoms with van der Waals surface area (Å²) in [6.07, 6.45) is 4.36. The summed E-state index contributed by atoms with van der Waals surface area (Å²) in [6.45, 7) is 2.74. The molecule has 2 aromatic rings. The fraction of sp³-hybridized carbons (Fsp3) is 0.238. The van der Waals surface area contributed by atoms with Gasteiger partial charge in [0, 0.05) is 24.1 Å². The average Bonchev–Trinajstić information content (AvgIpc) is 2.68. The summed E-state index contributed by atoms with van der Waals surface area (Å²) in [6, 6.07) is 17.9. The van der Waals surface area contributed by atoms with E-state index in [0.29, 0.717) is 6.54 Å². The van der Waals surface area contributed by atoms with Crippen LogP contribution in [0.5, 0.6) is 0 Å². The molecule has 0 unspecified atom stereocenters. The highest BCUT2D eigenvalue weighted by molar-refractivity contribution is 6.09. The van der Waals surface area contributed by atoms with E-state index in [1.54, 1.807) is 4.90 Å². The van der Waals surface area contributed by atoms with Crippen molar-refractivity contribution >= 4 is 17.3 Å². The van der Waals surface area contributed by atoms with Crippen molar-refractivity contribution in [1.29, 1.82) is 5.26 Å². The van der Waals surface area contributed by atoms with E-state index in [1.165, 1.54) is 11.8 Å². The lowest BCUT2D eigenvalue weighted by molar-refractivity contribution is -0.114. The number of nitrogens with zero attached hydrogens (tertiary/aromatic N) is 2. The minimum Gasteiger partial charge on any atom is -0.360 e. The minimum atomic E-state index is -0.257. The van der Waals surface area contributed by atoms with Crippen LogP contribution < -0.4 is 10.2 Å². The topological polar surface area (TPSA) is 56.1 Å². The maximum absolute atomic E-state index is 12.8. The minimum absolute atomic E-state index is 0.108. The predicted octanol–water partition coefficient (Wildman–Crippen LogP) is 4.05. The largest absolute Gasteiger partial charge is 0.360 e. The second kappa shape index (κ2) is 7.67. The molecule has 0 spiro atoms. The van der Waals surface area contributed by atoms with E-state index in [9.17, 15) is 10.1 Å². The maximum Gasteiger partial charge on any atom is 0.270 e. The number of anilines is 2. The van der Waals surface area contributed by atoms with Crippen LogP contribution in [-0.4, -0.2) is 12.5 Å². The van der Waals surface area contributed by atoms with Crippen LogP contribution in [0.15, 0.2) is 60.3 Å². The van der Waals surface area contributed by atoms with Crippen LogP contribution in [0, 0.1) is 11.3 Å². The smallest absolute Gasteiger partial charge is 0.270 e. The van der Waals surface area contributed by atoms with Crippen molar-refractivity contribution in [2.75, 3.05) is 16.8 Å². The SMILES string of the molecule is CCc1ccc(N/C=C(/C#N)C(=O)N2CCCc3ccccc32)cc1. The molecule has 2 aromatic carbocycles. The fourth-order valence-electron chi connectivity index (χ4n) is 3.02. The van der Waals surface area contributed by atoms with Crippen molar-refractivity contribution in [2.45, 2.75) is 26.2 Å². The average molecular weight is 331 g/mol. The van der Waals surface area contributed by atoms with Crippen LogP contribution in [0.1, 0.15) is 24.5 Å². The molecule has 0 saturated carbocycles. The molecule has 1 amide bonds. The van der Waals surface area contributed by atoms with Crippen LogP contribution in [0.25, 0.3) is 0 Å². The Bertz CT molecular complexity index is 831. The van der Waals surface area contributed by atoms with Crippen LogP contribution in [0.4, 0.5) is 11.4 Å². The van der Waals surface area contributed by atoms with Gasteiger partial charge in [-0.05, 0) is 48.6 Å². The number of nitrogens with one attached hydrogen (secondary N) is 1. The molecule has 126 valence electrons. The van der Waals surface area contributed by atoms with E-state index in [1.807, 2.05) is 54.6 Å².